The largest absolute Gasteiger partial charge is 0.573 e. The molecule has 140 valence electrons. The number of hydrogen-bond acceptors (Lipinski definition) is 3. The highest BCUT2D eigenvalue weighted by atomic mass is 19.4. The van der Waals surface area contributed by atoms with Gasteiger partial charge in [0.2, 0.25) is 0 Å². The Balaban J connectivity index is 1.75. The van der Waals surface area contributed by atoms with Gasteiger partial charge in [0.05, 0.1) is 17.4 Å². The smallest absolute Gasteiger partial charge is 0.405 e. The summed E-state index contributed by atoms with van der Waals surface area (Å²) in [5.74, 6) is -0.691. The number of hydrogen-bond donors (Lipinski definition) is 0. The minimum atomic E-state index is -4.80. The van der Waals surface area contributed by atoms with E-state index in [4.69, 9.17) is 0 Å². The molecule has 0 aliphatic heterocycles. The third-order valence-electron chi connectivity index (χ3n) is 3.80. The third kappa shape index (κ3) is 4.66. The molecule has 3 rings (SSSR count). The minimum absolute atomic E-state index is 0.0401. The molecule has 27 heavy (non-hydrogen) atoms. The SMILES string of the molecule is CN(Cc1ccccc1OC(F)(F)F)C(=O)c1cnn(-c2ccccc2)c1. The summed E-state index contributed by atoms with van der Waals surface area (Å²) in [6, 6.07) is 15.0. The molecular formula is C19H16F3N3O2. The Morgan fingerprint density at radius 2 is 1.78 bits per heavy atom. The van der Waals surface area contributed by atoms with Crippen LogP contribution in [0.1, 0.15) is 15.9 Å². The highest BCUT2D eigenvalue weighted by molar-refractivity contribution is 5.93. The molecule has 2 aromatic carbocycles. The summed E-state index contributed by atoms with van der Waals surface area (Å²) >= 11 is 0. The fourth-order valence-electron chi connectivity index (χ4n) is 2.56. The molecule has 0 saturated heterocycles. The lowest BCUT2D eigenvalue weighted by molar-refractivity contribution is -0.275. The van der Waals surface area contributed by atoms with Crippen molar-refractivity contribution in [1.82, 2.24) is 14.7 Å². The van der Waals surface area contributed by atoms with E-state index in [0.717, 1.165) is 5.69 Å². The molecule has 0 saturated carbocycles. The fourth-order valence-corrected chi connectivity index (χ4v) is 2.56. The topological polar surface area (TPSA) is 47.4 Å². The number of carbonyl (C=O) groups is 1. The standard InChI is InChI=1S/C19H16F3N3O2/c1-24(12-14-7-5-6-10-17(14)27-19(20,21)22)18(26)15-11-23-25(13-15)16-8-3-2-4-9-16/h2-11,13H,12H2,1H3. The van der Waals surface area contributed by atoms with Crippen LogP contribution in [0, 0.1) is 0 Å². The molecule has 0 N–H and O–H groups in total. The number of halogens is 3. The number of aromatic nitrogens is 2. The summed E-state index contributed by atoms with van der Waals surface area (Å²) in [5, 5.41) is 4.16. The first-order valence-corrected chi connectivity index (χ1v) is 8.03. The molecule has 1 amide bonds. The van der Waals surface area contributed by atoms with E-state index >= 15 is 0 Å². The zero-order chi connectivity index (χ0) is 19.4. The highest BCUT2D eigenvalue weighted by Crippen LogP contribution is 2.27. The molecular weight excluding hydrogens is 359 g/mol. The maximum Gasteiger partial charge on any atom is 0.573 e. The number of rotatable bonds is 5. The average Bonchev–Trinajstić information content (AvgIpc) is 3.12. The van der Waals surface area contributed by atoms with E-state index in [2.05, 4.69) is 9.84 Å². The number of benzene rings is 2. The van der Waals surface area contributed by atoms with E-state index in [9.17, 15) is 18.0 Å². The lowest BCUT2D eigenvalue weighted by Crippen LogP contribution is -2.27. The number of nitrogens with zero attached hydrogens (tertiary/aromatic N) is 3. The van der Waals surface area contributed by atoms with Crippen LogP contribution >= 0.6 is 0 Å². The van der Waals surface area contributed by atoms with Crippen LogP contribution in [0.3, 0.4) is 0 Å². The van der Waals surface area contributed by atoms with Gasteiger partial charge in [0, 0.05) is 25.4 Å². The zero-order valence-corrected chi connectivity index (χ0v) is 14.3. The number of amides is 1. The van der Waals surface area contributed by atoms with Gasteiger partial charge in [0.25, 0.3) is 5.91 Å². The molecule has 0 bridgehead atoms. The Hall–Kier alpha value is -3.29. The number of carbonyl (C=O) groups excluding carboxylic acids is 1. The van der Waals surface area contributed by atoms with Crippen molar-refractivity contribution in [3.05, 3.63) is 78.1 Å². The second kappa shape index (κ2) is 7.53. The van der Waals surface area contributed by atoms with Crippen LogP contribution in [0.4, 0.5) is 13.2 Å². The van der Waals surface area contributed by atoms with Crippen molar-refractivity contribution in [3.63, 3.8) is 0 Å². The summed E-state index contributed by atoms with van der Waals surface area (Å²) < 4.78 is 43.2. The predicted octanol–water partition coefficient (Wildman–Crippen LogP) is 4.04. The van der Waals surface area contributed by atoms with Gasteiger partial charge in [-0.3, -0.25) is 4.79 Å². The van der Waals surface area contributed by atoms with Gasteiger partial charge >= 0.3 is 6.36 Å². The number of para-hydroxylation sites is 2. The lowest BCUT2D eigenvalue weighted by atomic mass is 10.2. The lowest BCUT2D eigenvalue weighted by Gasteiger charge is -2.19. The molecule has 0 spiro atoms. The highest BCUT2D eigenvalue weighted by Gasteiger charge is 2.32. The zero-order valence-electron chi connectivity index (χ0n) is 14.3. The Labute approximate surface area is 153 Å². The molecule has 0 fully saturated rings. The molecule has 3 aromatic rings. The van der Waals surface area contributed by atoms with Crippen molar-refractivity contribution < 1.29 is 22.7 Å². The van der Waals surface area contributed by atoms with E-state index in [1.54, 1.807) is 16.9 Å². The Morgan fingerprint density at radius 1 is 1.11 bits per heavy atom. The van der Waals surface area contributed by atoms with Crippen LogP contribution in [0.5, 0.6) is 5.75 Å². The van der Waals surface area contributed by atoms with E-state index in [1.807, 2.05) is 30.3 Å². The van der Waals surface area contributed by atoms with Gasteiger partial charge in [-0.15, -0.1) is 13.2 Å². The van der Waals surface area contributed by atoms with Crippen LogP contribution in [-0.2, 0) is 6.54 Å². The summed E-state index contributed by atoms with van der Waals surface area (Å²) in [4.78, 5) is 13.9. The van der Waals surface area contributed by atoms with Gasteiger partial charge in [-0.2, -0.15) is 5.10 Å². The molecule has 0 aliphatic rings. The van der Waals surface area contributed by atoms with E-state index in [1.165, 1.54) is 36.3 Å². The molecule has 8 heteroatoms. The van der Waals surface area contributed by atoms with Crippen LogP contribution < -0.4 is 4.74 Å². The molecule has 1 aromatic heterocycles. The van der Waals surface area contributed by atoms with Crippen LogP contribution in [0.2, 0.25) is 0 Å². The quantitative estimate of drug-likeness (QED) is 0.676. The van der Waals surface area contributed by atoms with E-state index in [0.29, 0.717) is 5.56 Å². The van der Waals surface area contributed by atoms with Crippen molar-refractivity contribution in [2.45, 2.75) is 12.9 Å². The molecule has 0 atom stereocenters. The summed E-state index contributed by atoms with van der Waals surface area (Å²) in [7, 11) is 1.51. The predicted molar refractivity (Wildman–Crippen MR) is 92.5 cm³/mol. The second-order valence-corrected chi connectivity index (χ2v) is 5.83. The molecule has 0 unspecified atom stereocenters. The van der Waals surface area contributed by atoms with Gasteiger partial charge in [-0.1, -0.05) is 36.4 Å². The van der Waals surface area contributed by atoms with Crippen LogP contribution in [0.25, 0.3) is 5.69 Å². The molecule has 0 aliphatic carbocycles. The Bertz CT molecular complexity index is 923. The van der Waals surface area contributed by atoms with Gasteiger partial charge < -0.3 is 9.64 Å². The monoisotopic (exact) mass is 375 g/mol. The first kappa shape index (κ1) is 18.5. The minimum Gasteiger partial charge on any atom is -0.405 e. The first-order chi connectivity index (χ1) is 12.8. The maximum atomic E-state index is 12.6. The fraction of sp³-hybridized carbons (Fsp3) is 0.158. The first-order valence-electron chi connectivity index (χ1n) is 8.03. The molecule has 1 heterocycles. The van der Waals surface area contributed by atoms with Crippen molar-refractivity contribution in [1.29, 1.82) is 0 Å². The van der Waals surface area contributed by atoms with Crippen LogP contribution in [0.15, 0.2) is 67.0 Å². The summed E-state index contributed by atoms with van der Waals surface area (Å²) in [6.07, 6.45) is -1.80. The average molecular weight is 375 g/mol. The van der Waals surface area contributed by atoms with Gasteiger partial charge in [0.1, 0.15) is 5.75 Å². The van der Waals surface area contributed by atoms with Crippen molar-refractivity contribution >= 4 is 5.91 Å². The third-order valence-corrected chi connectivity index (χ3v) is 3.80. The number of alkyl halides is 3. The Morgan fingerprint density at radius 3 is 2.48 bits per heavy atom. The maximum absolute atomic E-state index is 12.6. The van der Waals surface area contributed by atoms with Gasteiger partial charge in [-0.05, 0) is 18.2 Å². The summed E-state index contributed by atoms with van der Waals surface area (Å²) in [6.45, 7) is -0.0401. The number of ether oxygens (including phenoxy) is 1. The normalized spacial score (nSPS) is 11.3. The Kier molecular flexibility index (Phi) is 5.16. The van der Waals surface area contributed by atoms with Crippen molar-refractivity contribution in [2.75, 3.05) is 7.05 Å². The van der Waals surface area contributed by atoms with Crippen molar-refractivity contribution in [3.8, 4) is 11.4 Å². The van der Waals surface area contributed by atoms with Crippen molar-refractivity contribution in [2.24, 2.45) is 0 Å². The van der Waals surface area contributed by atoms with Gasteiger partial charge in [0.15, 0.2) is 0 Å². The molecule has 0 radical (unpaired) electrons. The molecule has 5 nitrogen and oxygen atoms in total. The van der Waals surface area contributed by atoms with Crippen LogP contribution in [-0.4, -0.2) is 34.0 Å². The van der Waals surface area contributed by atoms with E-state index < -0.39 is 6.36 Å². The second-order valence-electron chi connectivity index (χ2n) is 5.83. The van der Waals surface area contributed by atoms with E-state index in [-0.39, 0.29) is 23.8 Å². The van der Waals surface area contributed by atoms with Gasteiger partial charge in [-0.25, -0.2) is 4.68 Å². The summed E-state index contributed by atoms with van der Waals surface area (Å²) in [5.41, 5.74) is 1.37.